The molecule has 0 saturated carbocycles. The average molecular weight is 467 g/mol. The maximum atomic E-state index is 13.0. The second-order valence-corrected chi connectivity index (χ2v) is 9.67. The van der Waals surface area contributed by atoms with Gasteiger partial charge in [0.25, 0.3) is 10.0 Å². The van der Waals surface area contributed by atoms with Crippen molar-refractivity contribution in [2.45, 2.75) is 9.79 Å². The lowest BCUT2D eigenvalue weighted by atomic mass is 10.3. The molecule has 0 bridgehead atoms. The van der Waals surface area contributed by atoms with E-state index in [1.807, 2.05) is 18.2 Å². The van der Waals surface area contributed by atoms with Crippen LogP contribution in [-0.4, -0.2) is 33.7 Å². The van der Waals surface area contributed by atoms with Crippen molar-refractivity contribution in [2.24, 2.45) is 0 Å². The zero-order valence-electron chi connectivity index (χ0n) is 17.4. The molecule has 0 spiro atoms. The Hall–Kier alpha value is -3.48. The van der Waals surface area contributed by atoms with E-state index in [1.165, 1.54) is 35.2 Å². The molecule has 0 atom stereocenters. The fourth-order valence-corrected chi connectivity index (χ4v) is 4.80. The Morgan fingerprint density at radius 1 is 1.03 bits per heavy atom. The first-order chi connectivity index (χ1) is 15.4. The zero-order chi connectivity index (χ0) is 23.0. The first-order valence-corrected chi connectivity index (χ1v) is 12.1. The summed E-state index contributed by atoms with van der Waals surface area (Å²) in [4.78, 5) is 13.3. The predicted molar refractivity (Wildman–Crippen MR) is 128 cm³/mol. The lowest BCUT2D eigenvalue weighted by molar-refractivity contribution is -0.114. The molecule has 0 radical (unpaired) electrons. The number of rotatable bonds is 9. The summed E-state index contributed by atoms with van der Waals surface area (Å²) in [6, 6.07) is 24.5. The number of nitrogens with zero attached hydrogens (tertiary/aromatic N) is 2. The van der Waals surface area contributed by atoms with Gasteiger partial charge in [-0.05, 0) is 42.5 Å². The first-order valence-electron chi connectivity index (χ1n) is 9.68. The van der Waals surface area contributed by atoms with Crippen molar-refractivity contribution >= 4 is 44.8 Å². The van der Waals surface area contributed by atoms with Gasteiger partial charge in [-0.15, -0.1) is 11.8 Å². The van der Waals surface area contributed by atoms with Crippen molar-refractivity contribution in [3.05, 3.63) is 78.9 Å². The van der Waals surface area contributed by atoms with E-state index in [-0.39, 0.29) is 23.1 Å². The van der Waals surface area contributed by atoms with E-state index in [0.29, 0.717) is 17.1 Å². The molecular formula is C23H22N4O3S2. The van der Waals surface area contributed by atoms with Crippen molar-refractivity contribution in [3.8, 4) is 6.07 Å². The molecular weight excluding hydrogens is 444 g/mol. The molecule has 0 aliphatic heterocycles. The van der Waals surface area contributed by atoms with Crippen LogP contribution in [0.3, 0.4) is 0 Å². The summed E-state index contributed by atoms with van der Waals surface area (Å²) in [5.41, 5.74) is 1.69. The van der Waals surface area contributed by atoms with Gasteiger partial charge in [0.2, 0.25) is 5.91 Å². The number of sulfonamides is 1. The number of carbonyl (C=O) groups excluding carboxylic acids is 1. The molecule has 0 aliphatic carbocycles. The van der Waals surface area contributed by atoms with Gasteiger partial charge in [0.05, 0.1) is 34.6 Å². The molecule has 164 valence electrons. The van der Waals surface area contributed by atoms with Crippen LogP contribution in [0.4, 0.5) is 17.1 Å². The minimum atomic E-state index is -3.75. The van der Waals surface area contributed by atoms with Crippen LogP contribution < -0.4 is 14.9 Å². The van der Waals surface area contributed by atoms with E-state index in [4.69, 9.17) is 5.26 Å². The van der Waals surface area contributed by atoms with Gasteiger partial charge in [0.15, 0.2) is 0 Å². The average Bonchev–Trinajstić information content (AvgIpc) is 2.82. The van der Waals surface area contributed by atoms with E-state index >= 15 is 0 Å². The second kappa shape index (κ2) is 10.7. The summed E-state index contributed by atoms with van der Waals surface area (Å²) in [7, 11) is -2.25. The number of nitriles is 1. The molecule has 9 heteroatoms. The Labute approximate surface area is 192 Å². The van der Waals surface area contributed by atoms with Crippen LogP contribution in [0.1, 0.15) is 0 Å². The Bertz CT molecular complexity index is 1230. The molecule has 0 saturated heterocycles. The van der Waals surface area contributed by atoms with Gasteiger partial charge in [0.1, 0.15) is 0 Å². The van der Waals surface area contributed by atoms with Crippen molar-refractivity contribution in [2.75, 3.05) is 34.3 Å². The van der Waals surface area contributed by atoms with Crippen LogP contribution in [0.2, 0.25) is 0 Å². The molecule has 0 aromatic heterocycles. The number of nitrogens with one attached hydrogen (secondary N) is 2. The van der Waals surface area contributed by atoms with Gasteiger partial charge in [-0.1, -0.05) is 36.4 Å². The Balaban J connectivity index is 1.67. The Morgan fingerprint density at radius 3 is 2.50 bits per heavy atom. The maximum Gasteiger partial charge on any atom is 0.264 e. The SMILES string of the molecule is CN(c1ccccc1)S(=O)(=O)c1cccc(NCC(=O)Nc2ccccc2SCC#N)c1. The molecule has 3 aromatic rings. The summed E-state index contributed by atoms with van der Waals surface area (Å²) in [5.74, 6) is -0.00577. The fraction of sp³-hybridized carbons (Fsp3) is 0.130. The number of carbonyl (C=O) groups is 1. The van der Waals surface area contributed by atoms with E-state index in [1.54, 1.807) is 48.5 Å². The molecule has 0 aliphatic rings. The van der Waals surface area contributed by atoms with E-state index < -0.39 is 10.0 Å². The quantitative estimate of drug-likeness (QED) is 0.459. The van der Waals surface area contributed by atoms with Gasteiger partial charge in [-0.2, -0.15) is 5.26 Å². The topological polar surface area (TPSA) is 102 Å². The number of hydrogen-bond acceptors (Lipinski definition) is 6. The molecule has 7 nitrogen and oxygen atoms in total. The lowest BCUT2D eigenvalue weighted by Gasteiger charge is -2.20. The molecule has 1 amide bonds. The number of para-hydroxylation sites is 2. The third-order valence-electron chi connectivity index (χ3n) is 4.52. The van der Waals surface area contributed by atoms with Gasteiger partial charge >= 0.3 is 0 Å². The summed E-state index contributed by atoms with van der Waals surface area (Å²) in [5, 5.41) is 14.6. The molecule has 0 heterocycles. The summed E-state index contributed by atoms with van der Waals surface area (Å²) < 4.78 is 27.2. The number of hydrogen-bond donors (Lipinski definition) is 2. The van der Waals surface area contributed by atoms with Crippen molar-refractivity contribution in [1.82, 2.24) is 0 Å². The Morgan fingerprint density at radius 2 is 1.75 bits per heavy atom. The molecule has 3 rings (SSSR count). The van der Waals surface area contributed by atoms with E-state index in [2.05, 4.69) is 16.7 Å². The highest BCUT2D eigenvalue weighted by Gasteiger charge is 2.21. The van der Waals surface area contributed by atoms with Crippen LogP contribution in [0.25, 0.3) is 0 Å². The van der Waals surface area contributed by atoms with Crippen LogP contribution in [0.5, 0.6) is 0 Å². The molecule has 0 fully saturated rings. The number of thioether (sulfide) groups is 1. The lowest BCUT2D eigenvalue weighted by Crippen LogP contribution is -2.26. The summed E-state index contributed by atoms with van der Waals surface area (Å²) in [6.45, 7) is -0.0464. The van der Waals surface area contributed by atoms with Crippen LogP contribution in [-0.2, 0) is 14.8 Å². The first kappa shape index (κ1) is 23.2. The van der Waals surface area contributed by atoms with Gasteiger partial charge in [-0.3, -0.25) is 9.10 Å². The monoisotopic (exact) mass is 466 g/mol. The van der Waals surface area contributed by atoms with Gasteiger partial charge < -0.3 is 10.6 Å². The molecule has 32 heavy (non-hydrogen) atoms. The van der Waals surface area contributed by atoms with Crippen LogP contribution in [0, 0.1) is 11.3 Å². The minimum Gasteiger partial charge on any atom is -0.376 e. The molecule has 3 aromatic carbocycles. The molecule has 0 unspecified atom stereocenters. The van der Waals surface area contributed by atoms with Crippen molar-refractivity contribution < 1.29 is 13.2 Å². The molecule has 2 N–H and O–H groups in total. The highest BCUT2D eigenvalue weighted by molar-refractivity contribution is 7.99. The smallest absolute Gasteiger partial charge is 0.264 e. The standard InChI is InChI=1S/C23H22N4O3S2/c1-27(19-9-3-2-4-10-19)32(29,30)20-11-7-8-18(16-20)25-17-23(28)26-21-12-5-6-13-22(21)31-15-14-24/h2-13,16,25H,15,17H2,1H3,(H,26,28). The van der Waals surface area contributed by atoms with E-state index in [0.717, 1.165) is 4.90 Å². The normalized spacial score (nSPS) is 10.8. The second-order valence-electron chi connectivity index (χ2n) is 6.68. The minimum absolute atomic E-state index is 0.0464. The Kier molecular flexibility index (Phi) is 7.76. The van der Waals surface area contributed by atoms with Gasteiger partial charge in [0, 0.05) is 17.6 Å². The number of benzene rings is 3. The number of amides is 1. The predicted octanol–water partition coefficient (Wildman–Crippen LogP) is 4.18. The highest BCUT2D eigenvalue weighted by Crippen LogP contribution is 2.27. The third-order valence-corrected chi connectivity index (χ3v) is 7.24. The third kappa shape index (κ3) is 5.81. The van der Waals surface area contributed by atoms with Gasteiger partial charge in [-0.25, -0.2) is 8.42 Å². The van der Waals surface area contributed by atoms with Crippen molar-refractivity contribution in [3.63, 3.8) is 0 Å². The highest BCUT2D eigenvalue weighted by atomic mass is 32.2. The van der Waals surface area contributed by atoms with E-state index in [9.17, 15) is 13.2 Å². The summed E-state index contributed by atoms with van der Waals surface area (Å²) in [6.07, 6.45) is 0. The summed E-state index contributed by atoms with van der Waals surface area (Å²) >= 11 is 1.34. The number of anilines is 3. The maximum absolute atomic E-state index is 13.0. The van der Waals surface area contributed by atoms with Crippen LogP contribution >= 0.6 is 11.8 Å². The van der Waals surface area contributed by atoms with Crippen LogP contribution in [0.15, 0.2) is 88.7 Å². The largest absolute Gasteiger partial charge is 0.376 e. The zero-order valence-corrected chi connectivity index (χ0v) is 19.0. The fourth-order valence-electron chi connectivity index (χ4n) is 2.88. The van der Waals surface area contributed by atoms with Crippen molar-refractivity contribution in [1.29, 1.82) is 5.26 Å².